The fraction of sp³-hybridized carbons (Fsp3) is 0.318. The van der Waals surface area contributed by atoms with Crippen LogP contribution in [0.2, 0.25) is 0 Å². The van der Waals surface area contributed by atoms with Gasteiger partial charge in [-0.05, 0) is 29.8 Å². The molecule has 0 unspecified atom stereocenters. The zero-order valence-electron chi connectivity index (χ0n) is 18.6. The fourth-order valence-corrected chi connectivity index (χ4v) is 3.37. The molecule has 14 heteroatoms. The molecule has 8 nitrogen and oxygen atoms in total. The van der Waals surface area contributed by atoms with Gasteiger partial charge in [0.2, 0.25) is 17.8 Å². The summed E-state index contributed by atoms with van der Waals surface area (Å²) in [6, 6.07) is 9.38. The highest BCUT2D eigenvalue weighted by atomic mass is 19.4. The van der Waals surface area contributed by atoms with Gasteiger partial charge in [0.15, 0.2) is 0 Å². The van der Waals surface area contributed by atoms with E-state index in [1.54, 1.807) is 0 Å². The summed E-state index contributed by atoms with van der Waals surface area (Å²) in [5, 5.41) is 2.76. The van der Waals surface area contributed by atoms with Gasteiger partial charge in [-0.3, -0.25) is 5.43 Å². The Hall–Kier alpha value is -3.65. The van der Waals surface area contributed by atoms with Crippen molar-refractivity contribution >= 4 is 23.5 Å². The molecule has 0 spiro atoms. The highest BCUT2D eigenvalue weighted by Crippen LogP contribution is 2.31. The fourth-order valence-electron chi connectivity index (χ4n) is 3.37. The molecule has 1 fully saturated rings. The average Bonchev–Trinajstić information content (AvgIpc) is 2.84. The summed E-state index contributed by atoms with van der Waals surface area (Å²) in [7, 11) is 0. The molecule has 36 heavy (non-hydrogen) atoms. The zero-order valence-corrected chi connectivity index (χ0v) is 18.6. The van der Waals surface area contributed by atoms with Crippen molar-refractivity contribution in [3.63, 3.8) is 0 Å². The minimum absolute atomic E-state index is 0.0128. The standard InChI is InChI=1S/C22H21F6N7O/c23-21(24,25)15-4-1-3-14(11-15)13-29-34-19-31-18(32-20(33-19)35-7-9-36-10-8-35)30-17-6-2-5-16(12-17)22(26,27)28/h1-6,11-12,29H,7-10,13H2,(H2,30,31,32,33,34). The monoisotopic (exact) mass is 513 g/mol. The van der Waals surface area contributed by atoms with Gasteiger partial charge < -0.3 is 15.0 Å². The molecule has 0 aliphatic carbocycles. The van der Waals surface area contributed by atoms with Gasteiger partial charge in [-0.25, -0.2) is 5.43 Å². The number of morpholine rings is 1. The lowest BCUT2D eigenvalue weighted by Gasteiger charge is -2.27. The summed E-state index contributed by atoms with van der Waals surface area (Å²) in [5.74, 6) is 0.258. The number of nitrogens with zero attached hydrogens (tertiary/aromatic N) is 4. The summed E-state index contributed by atoms with van der Waals surface area (Å²) in [6.45, 7) is 1.88. The molecule has 192 valence electrons. The van der Waals surface area contributed by atoms with Crippen molar-refractivity contribution < 1.29 is 31.1 Å². The number of anilines is 4. The second-order valence-electron chi connectivity index (χ2n) is 7.76. The van der Waals surface area contributed by atoms with Crippen molar-refractivity contribution in [3.8, 4) is 0 Å². The first-order valence-electron chi connectivity index (χ1n) is 10.8. The molecule has 4 rings (SSSR count). The second-order valence-corrected chi connectivity index (χ2v) is 7.76. The number of ether oxygens (including phenoxy) is 1. The first kappa shape index (κ1) is 25.4. The average molecular weight is 513 g/mol. The van der Waals surface area contributed by atoms with Crippen LogP contribution >= 0.6 is 0 Å². The predicted molar refractivity (Wildman–Crippen MR) is 119 cm³/mol. The number of halogens is 6. The Bertz CT molecular complexity index is 1180. The third-order valence-electron chi connectivity index (χ3n) is 5.11. The molecule has 2 aromatic carbocycles. The number of benzene rings is 2. The van der Waals surface area contributed by atoms with Crippen LogP contribution in [-0.2, 0) is 23.6 Å². The number of rotatable bonds is 7. The van der Waals surface area contributed by atoms with Crippen LogP contribution in [0.1, 0.15) is 16.7 Å². The molecular weight excluding hydrogens is 492 g/mol. The van der Waals surface area contributed by atoms with E-state index >= 15 is 0 Å². The van der Waals surface area contributed by atoms with Crippen molar-refractivity contribution in [2.75, 3.05) is 41.9 Å². The number of alkyl halides is 6. The Morgan fingerprint density at radius 3 is 2.14 bits per heavy atom. The number of aromatic nitrogens is 3. The van der Waals surface area contributed by atoms with Gasteiger partial charge in [0, 0.05) is 25.3 Å². The molecule has 1 saturated heterocycles. The quantitative estimate of drug-likeness (QED) is 0.312. The van der Waals surface area contributed by atoms with Crippen molar-refractivity contribution in [2.45, 2.75) is 18.9 Å². The minimum Gasteiger partial charge on any atom is -0.378 e. The Kier molecular flexibility index (Phi) is 7.45. The van der Waals surface area contributed by atoms with E-state index < -0.39 is 23.5 Å². The predicted octanol–water partition coefficient (Wildman–Crippen LogP) is 4.61. The molecule has 1 aliphatic heterocycles. The third kappa shape index (κ3) is 6.73. The van der Waals surface area contributed by atoms with Gasteiger partial charge in [-0.15, -0.1) is 0 Å². The smallest absolute Gasteiger partial charge is 0.378 e. The Morgan fingerprint density at radius 1 is 0.806 bits per heavy atom. The summed E-state index contributed by atoms with van der Waals surface area (Å²) in [6.07, 6.45) is -8.98. The summed E-state index contributed by atoms with van der Waals surface area (Å²) >= 11 is 0. The van der Waals surface area contributed by atoms with Crippen LogP contribution in [0.15, 0.2) is 48.5 Å². The molecule has 0 amide bonds. The van der Waals surface area contributed by atoms with Crippen LogP contribution in [0.25, 0.3) is 0 Å². The van der Waals surface area contributed by atoms with Crippen molar-refractivity contribution in [2.24, 2.45) is 0 Å². The molecule has 0 atom stereocenters. The lowest BCUT2D eigenvalue weighted by molar-refractivity contribution is -0.138. The Morgan fingerprint density at radius 2 is 1.44 bits per heavy atom. The molecule has 0 saturated carbocycles. The van der Waals surface area contributed by atoms with Gasteiger partial charge in [0.1, 0.15) is 0 Å². The highest BCUT2D eigenvalue weighted by Gasteiger charge is 2.31. The lowest BCUT2D eigenvalue weighted by atomic mass is 10.1. The van der Waals surface area contributed by atoms with Crippen LogP contribution in [0.4, 0.5) is 49.9 Å². The molecule has 0 radical (unpaired) electrons. The van der Waals surface area contributed by atoms with Crippen LogP contribution < -0.4 is 21.1 Å². The van der Waals surface area contributed by atoms with E-state index in [-0.39, 0.29) is 30.1 Å². The maximum Gasteiger partial charge on any atom is 0.416 e. The number of hydrogen-bond acceptors (Lipinski definition) is 8. The lowest BCUT2D eigenvalue weighted by Crippen LogP contribution is -2.37. The van der Waals surface area contributed by atoms with Gasteiger partial charge >= 0.3 is 12.4 Å². The normalized spacial score (nSPS) is 14.6. The van der Waals surface area contributed by atoms with E-state index in [9.17, 15) is 26.3 Å². The topological polar surface area (TPSA) is 87.2 Å². The molecule has 2 heterocycles. The van der Waals surface area contributed by atoms with E-state index in [2.05, 4.69) is 31.1 Å². The molecule has 3 aromatic rings. The van der Waals surface area contributed by atoms with Crippen LogP contribution in [0, 0.1) is 0 Å². The molecule has 3 N–H and O–H groups in total. The van der Waals surface area contributed by atoms with Gasteiger partial charge in [-0.2, -0.15) is 41.3 Å². The van der Waals surface area contributed by atoms with Crippen molar-refractivity contribution in [3.05, 3.63) is 65.2 Å². The summed E-state index contributed by atoms with van der Waals surface area (Å²) < 4.78 is 83.4. The summed E-state index contributed by atoms with van der Waals surface area (Å²) in [5.41, 5.74) is 4.35. The molecule has 0 bridgehead atoms. The number of nitrogens with one attached hydrogen (secondary N) is 3. The van der Waals surface area contributed by atoms with Crippen molar-refractivity contribution in [1.29, 1.82) is 0 Å². The molecular formula is C22H21F6N7O. The van der Waals surface area contributed by atoms with Crippen molar-refractivity contribution in [1.82, 2.24) is 20.4 Å². The maximum atomic E-state index is 13.1. The van der Waals surface area contributed by atoms with E-state index in [0.29, 0.717) is 31.9 Å². The molecule has 1 aromatic heterocycles. The Labute approximate surface area is 201 Å². The molecule has 1 aliphatic rings. The van der Waals surface area contributed by atoms with Gasteiger partial charge in [0.25, 0.3) is 0 Å². The zero-order chi connectivity index (χ0) is 25.8. The number of hydrazine groups is 1. The van der Waals surface area contributed by atoms with Crippen LogP contribution in [0.3, 0.4) is 0 Å². The van der Waals surface area contributed by atoms with E-state index in [1.165, 1.54) is 24.3 Å². The first-order valence-corrected chi connectivity index (χ1v) is 10.8. The summed E-state index contributed by atoms with van der Waals surface area (Å²) in [4.78, 5) is 14.6. The SMILES string of the molecule is FC(F)(F)c1cccc(CNNc2nc(Nc3cccc(C(F)(F)F)c3)nc(N3CCOCC3)n2)c1. The van der Waals surface area contributed by atoms with Gasteiger partial charge in [-0.1, -0.05) is 24.3 Å². The largest absolute Gasteiger partial charge is 0.416 e. The second kappa shape index (κ2) is 10.5. The highest BCUT2D eigenvalue weighted by molar-refractivity contribution is 5.57. The van der Waals surface area contributed by atoms with E-state index in [4.69, 9.17) is 4.74 Å². The first-order chi connectivity index (χ1) is 17.1. The van der Waals surface area contributed by atoms with E-state index in [1.807, 2.05) is 4.90 Å². The minimum atomic E-state index is -4.52. The number of hydrogen-bond donors (Lipinski definition) is 3. The Balaban J connectivity index is 1.52. The van der Waals surface area contributed by atoms with Crippen LogP contribution in [0.5, 0.6) is 0 Å². The van der Waals surface area contributed by atoms with Gasteiger partial charge in [0.05, 0.1) is 24.3 Å². The third-order valence-corrected chi connectivity index (χ3v) is 5.11. The van der Waals surface area contributed by atoms with E-state index in [0.717, 1.165) is 24.3 Å². The van der Waals surface area contributed by atoms with Crippen LogP contribution in [-0.4, -0.2) is 41.3 Å². The maximum absolute atomic E-state index is 13.1.